The van der Waals surface area contributed by atoms with E-state index in [-0.39, 0.29) is 5.92 Å². The van der Waals surface area contributed by atoms with Crippen LogP contribution in [0, 0.1) is 17.8 Å². The highest BCUT2D eigenvalue weighted by molar-refractivity contribution is 5.38. The summed E-state index contributed by atoms with van der Waals surface area (Å²) in [4.78, 5) is 4.74. The topological polar surface area (TPSA) is 46.3 Å². The van der Waals surface area contributed by atoms with Crippen LogP contribution in [-0.4, -0.2) is 10.1 Å². The van der Waals surface area contributed by atoms with Crippen molar-refractivity contribution in [2.45, 2.75) is 64.7 Å². The van der Waals surface area contributed by atoms with Gasteiger partial charge < -0.3 is 9.52 Å². The number of nitrogens with zero attached hydrogens (tertiary/aromatic N) is 1. The molecular formula is C28H34NO2. The fourth-order valence-corrected chi connectivity index (χ4v) is 4.99. The van der Waals surface area contributed by atoms with Crippen molar-refractivity contribution in [1.29, 1.82) is 0 Å². The maximum absolute atomic E-state index is 10.6. The summed E-state index contributed by atoms with van der Waals surface area (Å²) in [7, 11) is 0. The van der Waals surface area contributed by atoms with Gasteiger partial charge in [0.15, 0.2) is 0 Å². The summed E-state index contributed by atoms with van der Waals surface area (Å²) in [6.45, 7) is 4.41. The number of phenols is 1. The van der Waals surface area contributed by atoms with Gasteiger partial charge in [-0.15, -0.1) is 0 Å². The molecule has 2 aromatic carbocycles. The van der Waals surface area contributed by atoms with Crippen LogP contribution in [0.25, 0.3) is 0 Å². The molecule has 0 spiro atoms. The van der Waals surface area contributed by atoms with E-state index >= 15 is 0 Å². The van der Waals surface area contributed by atoms with Gasteiger partial charge in [-0.2, -0.15) is 0 Å². The molecule has 1 aliphatic rings. The summed E-state index contributed by atoms with van der Waals surface area (Å²) < 4.78 is 6.39. The first-order valence-corrected chi connectivity index (χ1v) is 11.7. The fraction of sp³-hybridized carbons (Fsp3) is 0.429. The molecule has 1 heterocycles. The Balaban J connectivity index is 1.57. The Kier molecular flexibility index (Phi) is 7.11. The monoisotopic (exact) mass is 416 g/mol. The Hall–Kier alpha value is -2.55. The third-order valence-electron chi connectivity index (χ3n) is 6.82. The average Bonchev–Trinajstić information content (AvgIpc) is 3.24. The third kappa shape index (κ3) is 5.39. The SMILES string of the molecule is C[C](C)C(Cc1ccccc1)Cc1cnc([C@@H](c2ccccc2O)C2CCCCC2)o1. The van der Waals surface area contributed by atoms with Crippen LogP contribution < -0.4 is 0 Å². The minimum absolute atomic E-state index is 0.0227. The number of benzene rings is 2. The van der Waals surface area contributed by atoms with Gasteiger partial charge in [-0.05, 0) is 48.6 Å². The molecule has 1 N–H and O–H groups in total. The molecule has 0 saturated heterocycles. The van der Waals surface area contributed by atoms with Gasteiger partial charge in [0.2, 0.25) is 5.89 Å². The summed E-state index contributed by atoms with van der Waals surface area (Å²) in [6, 6.07) is 18.3. The highest BCUT2D eigenvalue weighted by atomic mass is 16.4. The van der Waals surface area contributed by atoms with Crippen molar-refractivity contribution in [2.24, 2.45) is 11.8 Å². The van der Waals surface area contributed by atoms with Crippen molar-refractivity contribution in [3.8, 4) is 5.75 Å². The Morgan fingerprint density at radius 2 is 1.68 bits per heavy atom. The summed E-state index contributed by atoms with van der Waals surface area (Å²) >= 11 is 0. The van der Waals surface area contributed by atoms with Crippen LogP contribution in [0.4, 0.5) is 0 Å². The van der Waals surface area contributed by atoms with Gasteiger partial charge in [-0.25, -0.2) is 4.98 Å². The molecule has 1 aliphatic carbocycles. The molecule has 1 radical (unpaired) electrons. The van der Waals surface area contributed by atoms with Gasteiger partial charge in [-0.3, -0.25) is 0 Å². The van der Waals surface area contributed by atoms with Gasteiger partial charge in [0.05, 0.1) is 12.1 Å². The summed E-state index contributed by atoms with van der Waals surface area (Å²) in [5.74, 6) is 4.36. The number of hydrogen-bond donors (Lipinski definition) is 1. The number of oxazole rings is 1. The highest BCUT2D eigenvalue weighted by Crippen LogP contribution is 2.43. The molecule has 1 saturated carbocycles. The van der Waals surface area contributed by atoms with Gasteiger partial charge >= 0.3 is 0 Å². The third-order valence-corrected chi connectivity index (χ3v) is 6.82. The molecule has 1 aromatic heterocycles. The van der Waals surface area contributed by atoms with E-state index in [0.29, 0.717) is 17.6 Å². The quantitative estimate of drug-likeness (QED) is 0.426. The Bertz CT molecular complexity index is 940. The van der Waals surface area contributed by atoms with Gasteiger partial charge in [0, 0.05) is 12.0 Å². The van der Waals surface area contributed by atoms with Crippen LogP contribution >= 0.6 is 0 Å². The van der Waals surface area contributed by atoms with Crippen molar-refractivity contribution >= 4 is 0 Å². The van der Waals surface area contributed by atoms with E-state index in [1.165, 1.54) is 30.7 Å². The van der Waals surface area contributed by atoms with Crippen molar-refractivity contribution in [3.05, 3.63) is 89.5 Å². The molecule has 0 amide bonds. The normalized spacial score (nSPS) is 17.0. The van der Waals surface area contributed by atoms with Gasteiger partial charge in [-0.1, -0.05) is 81.6 Å². The molecule has 0 bridgehead atoms. The predicted octanol–water partition coefficient (Wildman–Crippen LogP) is 7.11. The second kappa shape index (κ2) is 10.2. The van der Waals surface area contributed by atoms with E-state index in [1.54, 1.807) is 6.07 Å². The minimum atomic E-state index is 0.0227. The van der Waals surface area contributed by atoms with Crippen LogP contribution in [0.15, 0.2) is 65.2 Å². The maximum Gasteiger partial charge on any atom is 0.202 e. The maximum atomic E-state index is 10.6. The summed E-state index contributed by atoms with van der Waals surface area (Å²) in [5.41, 5.74) is 2.30. The molecule has 1 fully saturated rings. The summed E-state index contributed by atoms with van der Waals surface area (Å²) in [6.07, 6.45) is 9.87. The molecule has 3 aromatic rings. The molecule has 2 atom stereocenters. The Labute approximate surface area is 186 Å². The number of hydrogen-bond acceptors (Lipinski definition) is 3. The van der Waals surface area contributed by atoms with Gasteiger partial charge in [0.1, 0.15) is 11.5 Å². The van der Waals surface area contributed by atoms with E-state index in [4.69, 9.17) is 9.40 Å². The predicted molar refractivity (Wildman–Crippen MR) is 125 cm³/mol. The number of aromatic hydroxyl groups is 1. The van der Waals surface area contributed by atoms with Crippen molar-refractivity contribution in [2.75, 3.05) is 0 Å². The lowest BCUT2D eigenvalue weighted by atomic mass is 9.76. The van der Waals surface area contributed by atoms with Crippen LogP contribution in [0.2, 0.25) is 0 Å². The van der Waals surface area contributed by atoms with E-state index < -0.39 is 0 Å². The fourth-order valence-electron chi connectivity index (χ4n) is 4.99. The molecule has 163 valence electrons. The minimum Gasteiger partial charge on any atom is -0.508 e. The van der Waals surface area contributed by atoms with E-state index in [9.17, 15) is 5.11 Å². The average molecular weight is 417 g/mol. The van der Waals surface area contributed by atoms with Crippen LogP contribution in [0.3, 0.4) is 0 Å². The standard InChI is InChI=1S/C28H34NO2/c1-20(2)23(17-21-11-5-3-6-12-21)18-24-19-29-28(31-24)27(22-13-7-4-8-14-22)25-15-9-10-16-26(25)30/h3,5-6,9-12,15-16,19,22-23,27,30H,4,7-8,13-14,17-18H2,1-2H3/t23?,27-/m1/s1. The van der Waals surface area contributed by atoms with Crippen LogP contribution in [0.1, 0.15) is 74.6 Å². The van der Waals surface area contributed by atoms with Crippen molar-refractivity contribution in [3.63, 3.8) is 0 Å². The van der Waals surface area contributed by atoms with E-state index in [2.05, 4.69) is 44.2 Å². The zero-order chi connectivity index (χ0) is 21.6. The molecule has 4 rings (SSSR count). The number of para-hydroxylation sites is 1. The van der Waals surface area contributed by atoms with E-state index in [0.717, 1.165) is 42.9 Å². The molecule has 1 unspecified atom stereocenters. The van der Waals surface area contributed by atoms with Crippen LogP contribution in [-0.2, 0) is 12.8 Å². The number of phenolic OH excluding ortho intramolecular Hbond substituents is 1. The lowest BCUT2D eigenvalue weighted by Crippen LogP contribution is -2.18. The zero-order valence-electron chi connectivity index (χ0n) is 18.8. The molecule has 3 heteroatoms. The number of aromatic nitrogens is 1. The summed E-state index contributed by atoms with van der Waals surface area (Å²) in [5, 5.41) is 10.6. The Morgan fingerprint density at radius 3 is 2.39 bits per heavy atom. The molecular weight excluding hydrogens is 382 g/mol. The van der Waals surface area contributed by atoms with Crippen molar-refractivity contribution < 1.29 is 9.52 Å². The van der Waals surface area contributed by atoms with Crippen LogP contribution in [0.5, 0.6) is 5.75 Å². The highest BCUT2D eigenvalue weighted by Gasteiger charge is 2.32. The lowest BCUT2D eigenvalue weighted by Gasteiger charge is -2.29. The number of rotatable bonds is 8. The zero-order valence-corrected chi connectivity index (χ0v) is 18.8. The van der Waals surface area contributed by atoms with Crippen molar-refractivity contribution in [1.82, 2.24) is 4.98 Å². The largest absolute Gasteiger partial charge is 0.508 e. The molecule has 3 nitrogen and oxygen atoms in total. The molecule has 31 heavy (non-hydrogen) atoms. The smallest absolute Gasteiger partial charge is 0.202 e. The second-order valence-corrected chi connectivity index (χ2v) is 9.27. The van der Waals surface area contributed by atoms with Gasteiger partial charge in [0.25, 0.3) is 0 Å². The second-order valence-electron chi connectivity index (χ2n) is 9.27. The first-order valence-electron chi connectivity index (χ1n) is 11.7. The van der Waals surface area contributed by atoms with E-state index in [1.807, 2.05) is 24.4 Å². The molecule has 0 aliphatic heterocycles. The first-order chi connectivity index (χ1) is 15.1. The Morgan fingerprint density at radius 1 is 0.968 bits per heavy atom. The first kappa shape index (κ1) is 21.7. The lowest BCUT2D eigenvalue weighted by molar-refractivity contribution is 0.285.